The minimum absolute atomic E-state index is 0.121. The Morgan fingerprint density at radius 3 is 2.19 bits per heavy atom. The largest absolute Gasteiger partial charge is 0.368 e. The van der Waals surface area contributed by atoms with Crippen LogP contribution in [0.5, 0.6) is 0 Å². The molecule has 0 saturated carbocycles. The van der Waals surface area contributed by atoms with Crippen LogP contribution in [0.4, 0.5) is 5.69 Å². The number of anilines is 1. The molecule has 0 radical (unpaired) electrons. The molecule has 1 aromatic heterocycles. The van der Waals surface area contributed by atoms with Gasteiger partial charge in [-0.2, -0.15) is 5.10 Å². The number of carbonyl (C=O) groups excluding carboxylic acids is 1. The standard InChI is InChI=1S/C20H20N4O2/c1-22-19(25)17-10-6-5-9-16(17)18(21-22)20(26)24-13-11-23(12-14-24)15-7-3-2-4-8-15/h2-10H,11-14H2,1H3. The van der Waals surface area contributed by atoms with Crippen molar-refractivity contribution >= 4 is 22.4 Å². The van der Waals surface area contributed by atoms with E-state index in [0.717, 1.165) is 13.1 Å². The number of amides is 1. The molecule has 2 aromatic carbocycles. The molecule has 1 fully saturated rings. The van der Waals surface area contributed by atoms with Crippen LogP contribution in [-0.2, 0) is 7.05 Å². The number of aromatic nitrogens is 2. The zero-order valence-electron chi connectivity index (χ0n) is 14.6. The van der Waals surface area contributed by atoms with Gasteiger partial charge in [-0.05, 0) is 18.2 Å². The summed E-state index contributed by atoms with van der Waals surface area (Å²) >= 11 is 0. The van der Waals surface area contributed by atoms with E-state index in [0.29, 0.717) is 29.6 Å². The Morgan fingerprint density at radius 1 is 0.885 bits per heavy atom. The average molecular weight is 348 g/mol. The molecule has 2 heterocycles. The van der Waals surface area contributed by atoms with Crippen molar-refractivity contribution in [2.24, 2.45) is 7.05 Å². The highest BCUT2D eigenvalue weighted by Gasteiger charge is 2.25. The number of hydrogen-bond acceptors (Lipinski definition) is 4. The summed E-state index contributed by atoms with van der Waals surface area (Å²) in [6.07, 6.45) is 0. The van der Waals surface area contributed by atoms with E-state index in [1.54, 1.807) is 25.2 Å². The molecule has 6 heteroatoms. The van der Waals surface area contributed by atoms with Gasteiger partial charge in [0.05, 0.1) is 5.39 Å². The average Bonchev–Trinajstić information content (AvgIpc) is 2.71. The lowest BCUT2D eigenvalue weighted by atomic mass is 10.1. The molecule has 1 saturated heterocycles. The summed E-state index contributed by atoms with van der Waals surface area (Å²) in [7, 11) is 1.58. The lowest BCUT2D eigenvalue weighted by Crippen LogP contribution is -2.49. The molecule has 0 spiro atoms. The first-order valence-electron chi connectivity index (χ1n) is 8.70. The molecule has 4 rings (SSSR count). The van der Waals surface area contributed by atoms with Gasteiger partial charge in [-0.25, -0.2) is 4.68 Å². The first-order chi connectivity index (χ1) is 12.6. The van der Waals surface area contributed by atoms with Crippen molar-refractivity contribution in [1.82, 2.24) is 14.7 Å². The van der Waals surface area contributed by atoms with Crippen molar-refractivity contribution < 1.29 is 4.79 Å². The van der Waals surface area contributed by atoms with E-state index < -0.39 is 0 Å². The second-order valence-electron chi connectivity index (χ2n) is 6.44. The van der Waals surface area contributed by atoms with Crippen LogP contribution < -0.4 is 10.5 Å². The lowest BCUT2D eigenvalue weighted by molar-refractivity contribution is 0.0740. The van der Waals surface area contributed by atoms with Gasteiger partial charge in [-0.1, -0.05) is 36.4 Å². The van der Waals surface area contributed by atoms with E-state index in [4.69, 9.17) is 0 Å². The summed E-state index contributed by atoms with van der Waals surface area (Å²) in [6.45, 7) is 2.82. The Balaban J connectivity index is 1.59. The summed E-state index contributed by atoms with van der Waals surface area (Å²) in [5.74, 6) is -0.121. The van der Waals surface area contributed by atoms with Gasteiger partial charge in [0.2, 0.25) is 0 Å². The Morgan fingerprint density at radius 2 is 1.50 bits per heavy atom. The van der Waals surface area contributed by atoms with Gasteiger partial charge in [-0.15, -0.1) is 0 Å². The fraction of sp³-hybridized carbons (Fsp3) is 0.250. The summed E-state index contributed by atoms with van der Waals surface area (Å²) in [5.41, 5.74) is 1.33. The monoisotopic (exact) mass is 348 g/mol. The number of rotatable bonds is 2. The number of piperazine rings is 1. The van der Waals surface area contributed by atoms with Crippen LogP contribution in [-0.4, -0.2) is 46.8 Å². The maximum atomic E-state index is 13.0. The fourth-order valence-electron chi connectivity index (χ4n) is 3.41. The van der Waals surface area contributed by atoms with E-state index in [9.17, 15) is 9.59 Å². The zero-order chi connectivity index (χ0) is 18.1. The van der Waals surface area contributed by atoms with Crippen LogP contribution in [0.15, 0.2) is 59.4 Å². The van der Waals surface area contributed by atoms with Crippen molar-refractivity contribution in [1.29, 1.82) is 0 Å². The van der Waals surface area contributed by atoms with E-state index in [2.05, 4.69) is 22.1 Å². The Labute approximate surface area is 151 Å². The smallest absolute Gasteiger partial charge is 0.275 e. The Bertz CT molecular complexity index is 1010. The molecule has 1 amide bonds. The van der Waals surface area contributed by atoms with Crippen molar-refractivity contribution in [3.63, 3.8) is 0 Å². The molecular weight excluding hydrogens is 328 g/mol. The third-order valence-electron chi connectivity index (χ3n) is 4.85. The molecule has 0 bridgehead atoms. The van der Waals surface area contributed by atoms with Crippen LogP contribution in [0.3, 0.4) is 0 Å². The minimum Gasteiger partial charge on any atom is -0.368 e. The van der Waals surface area contributed by atoms with Crippen molar-refractivity contribution in [3.8, 4) is 0 Å². The van der Waals surface area contributed by atoms with Gasteiger partial charge in [0.15, 0.2) is 5.69 Å². The van der Waals surface area contributed by atoms with Gasteiger partial charge in [0, 0.05) is 44.3 Å². The van der Waals surface area contributed by atoms with E-state index in [1.807, 2.05) is 29.2 Å². The predicted molar refractivity (Wildman–Crippen MR) is 102 cm³/mol. The number of aryl methyl sites for hydroxylation is 1. The molecule has 1 aliphatic heterocycles. The molecule has 26 heavy (non-hydrogen) atoms. The molecule has 0 aliphatic carbocycles. The molecule has 0 atom stereocenters. The molecular formula is C20H20N4O2. The van der Waals surface area contributed by atoms with E-state index in [-0.39, 0.29) is 11.5 Å². The van der Waals surface area contributed by atoms with Crippen LogP contribution in [0.2, 0.25) is 0 Å². The maximum absolute atomic E-state index is 13.0. The number of nitrogens with zero attached hydrogens (tertiary/aromatic N) is 4. The van der Waals surface area contributed by atoms with Gasteiger partial charge < -0.3 is 9.80 Å². The van der Waals surface area contributed by atoms with Crippen LogP contribution in [0.25, 0.3) is 10.8 Å². The highest BCUT2D eigenvalue weighted by molar-refractivity contribution is 6.04. The van der Waals surface area contributed by atoms with Gasteiger partial charge in [-0.3, -0.25) is 9.59 Å². The number of fused-ring (bicyclic) bond motifs is 1. The molecule has 132 valence electrons. The topological polar surface area (TPSA) is 58.4 Å². The Kier molecular flexibility index (Phi) is 4.16. The summed E-state index contributed by atoms with van der Waals surface area (Å²) in [4.78, 5) is 29.4. The summed E-state index contributed by atoms with van der Waals surface area (Å²) in [5, 5.41) is 5.39. The highest BCUT2D eigenvalue weighted by Crippen LogP contribution is 2.19. The highest BCUT2D eigenvalue weighted by atomic mass is 16.2. The number of carbonyl (C=O) groups is 1. The fourth-order valence-corrected chi connectivity index (χ4v) is 3.41. The minimum atomic E-state index is -0.189. The quantitative estimate of drug-likeness (QED) is 0.710. The number of benzene rings is 2. The lowest BCUT2D eigenvalue weighted by Gasteiger charge is -2.36. The van der Waals surface area contributed by atoms with E-state index >= 15 is 0 Å². The van der Waals surface area contributed by atoms with E-state index in [1.165, 1.54) is 10.4 Å². The Hall–Kier alpha value is -3.15. The molecule has 3 aromatic rings. The van der Waals surface area contributed by atoms with Gasteiger partial charge in [0.1, 0.15) is 0 Å². The second-order valence-corrected chi connectivity index (χ2v) is 6.44. The van der Waals surface area contributed by atoms with Crippen LogP contribution in [0.1, 0.15) is 10.5 Å². The molecule has 0 unspecified atom stereocenters. The normalized spacial score (nSPS) is 14.7. The number of para-hydroxylation sites is 1. The molecule has 0 N–H and O–H groups in total. The van der Waals surface area contributed by atoms with Gasteiger partial charge >= 0.3 is 0 Å². The van der Waals surface area contributed by atoms with Crippen LogP contribution >= 0.6 is 0 Å². The zero-order valence-corrected chi connectivity index (χ0v) is 14.6. The maximum Gasteiger partial charge on any atom is 0.275 e. The van der Waals surface area contributed by atoms with Crippen molar-refractivity contribution in [2.45, 2.75) is 0 Å². The summed E-state index contributed by atoms with van der Waals surface area (Å²) in [6, 6.07) is 17.4. The van der Waals surface area contributed by atoms with Crippen molar-refractivity contribution in [3.05, 3.63) is 70.6 Å². The SMILES string of the molecule is Cn1nc(C(=O)N2CCN(c3ccccc3)CC2)c2ccccc2c1=O. The number of hydrogen-bond donors (Lipinski definition) is 0. The molecule has 6 nitrogen and oxygen atoms in total. The third-order valence-corrected chi connectivity index (χ3v) is 4.85. The summed E-state index contributed by atoms with van der Waals surface area (Å²) < 4.78 is 1.25. The molecule has 1 aliphatic rings. The van der Waals surface area contributed by atoms with Crippen LogP contribution in [0, 0.1) is 0 Å². The first kappa shape index (κ1) is 16.3. The van der Waals surface area contributed by atoms with Gasteiger partial charge in [0.25, 0.3) is 11.5 Å². The van der Waals surface area contributed by atoms with Crippen molar-refractivity contribution in [2.75, 3.05) is 31.1 Å². The first-order valence-corrected chi connectivity index (χ1v) is 8.70. The predicted octanol–water partition coefficient (Wildman–Crippen LogP) is 1.90. The second kappa shape index (κ2) is 6.63. The third kappa shape index (κ3) is 2.83.